The number of aromatic nitrogens is 2. The summed E-state index contributed by atoms with van der Waals surface area (Å²) in [7, 11) is 0. The fourth-order valence-electron chi connectivity index (χ4n) is 2.84. The van der Waals surface area contributed by atoms with Gasteiger partial charge in [0.2, 0.25) is 0 Å². The molecule has 0 amide bonds. The Bertz CT molecular complexity index is 497. The van der Waals surface area contributed by atoms with Crippen LogP contribution in [0.5, 0.6) is 0 Å². The molecule has 2 N–H and O–H groups in total. The van der Waals surface area contributed by atoms with Gasteiger partial charge in [-0.05, 0) is 38.1 Å². The average Bonchev–Trinajstić information content (AvgIpc) is 2.42. The molecule has 112 valence electrons. The van der Waals surface area contributed by atoms with E-state index in [0.29, 0.717) is 30.2 Å². The topological polar surface area (TPSA) is 64.2 Å². The SMILES string of the molecule is CC(C)Cn1ccnc(N2CC(CN)CCC2C)c1=O. The standard InChI is InChI=1S/C15H26N4O/c1-11(2)9-18-7-6-17-14(15(18)20)19-10-13(8-16)5-4-12(19)3/h6-7,11-13H,4-5,8-10,16H2,1-3H3. The molecule has 0 radical (unpaired) electrons. The van der Waals surface area contributed by atoms with Gasteiger partial charge in [-0.2, -0.15) is 0 Å². The highest BCUT2D eigenvalue weighted by molar-refractivity contribution is 5.38. The van der Waals surface area contributed by atoms with E-state index in [4.69, 9.17) is 5.73 Å². The number of nitrogens with two attached hydrogens (primary N) is 1. The summed E-state index contributed by atoms with van der Waals surface area (Å²) in [4.78, 5) is 19.1. The molecule has 0 bridgehead atoms. The van der Waals surface area contributed by atoms with Gasteiger partial charge in [0.25, 0.3) is 5.56 Å². The summed E-state index contributed by atoms with van der Waals surface area (Å²) in [6, 6.07) is 0.355. The maximum Gasteiger partial charge on any atom is 0.293 e. The lowest BCUT2D eigenvalue weighted by Gasteiger charge is -2.38. The zero-order chi connectivity index (χ0) is 14.7. The number of hydrogen-bond acceptors (Lipinski definition) is 4. The highest BCUT2D eigenvalue weighted by atomic mass is 16.1. The van der Waals surface area contributed by atoms with Crippen LogP contribution in [0.3, 0.4) is 0 Å². The quantitative estimate of drug-likeness (QED) is 0.905. The van der Waals surface area contributed by atoms with Crippen molar-refractivity contribution in [2.45, 2.75) is 46.2 Å². The summed E-state index contributed by atoms with van der Waals surface area (Å²) >= 11 is 0. The first-order valence-electron chi connectivity index (χ1n) is 7.55. The zero-order valence-corrected chi connectivity index (χ0v) is 12.7. The van der Waals surface area contributed by atoms with Crippen LogP contribution in [0, 0.1) is 11.8 Å². The molecule has 2 heterocycles. The zero-order valence-electron chi connectivity index (χ0n) is 12.7. The van der Waals surface area contributed by atoms with Crippen LogP contribution in [-0.2, 0) is 6.54 Å². The van der Waals surface area contributed by atoms with Crippen molar-refractivity contribution in [2.75, 3.05) is 18.0 Å². The van der Waals surface area contributed by atoms with Gasteiger partial charge in [0.05, 0.1) is 0 Å². The van der Waals surface area contributed by atoms with Crippen LogP contribution >= 0.6 is 0 Å². The summed E-state index contributed by atoms with van der Waals surface area (Å²) in [5, 5.41) is 0. The second-order valence-corrected chi connectivity index (χ2v) is 6.28. The molecule has 0 aromatic carbocycles. The van der Waals surface area contributed by atoms with Crippen LogP contribution in [-0.4, -0.2) is 28.7 Å². The Morgan fingerprint density at radius 2 is 2.20 bits per heavy atom. The van der Waals surface area contributed by atoms with Crippen LogP contribution in [0.1, 0.15) is 33.6 Å². The molecular weight excluding hydrogens is 252 g/mol. The van der Waals surface area contributed by atoms with Crippen molar-refractivity contribution < 1.29 is 0 Å². The molecule has 5 heteroatoms. The lowest BCUT2D eigenvalue weighted by Crippen LogP contribution is -2.47. The van der Waals surface area contributed by atoms with Crippen molar-refractivity contribution in [3.63, 3.8) is 0 Å². The molecule has 1 aromatic heterocycles. The first kappa shape index (κ1) is 15.0. The monoisotopic (exact) mass is 278 g/mol. The van der Waals surface area contributed by atoms with Gasteiger partial charge in [0.15, 0.2) is 5.82 Å². The first-order chi connectivity index (χ1) is 9.52. The fourth-order valence-corrected chi connectivity index (χ4v) is 2.84. The van der Waals surface area contributed by atoms with Gasteiger partial charge in [-0.3, -0.25) is 4.79 Å². The van der Waals surface area contributed by atoms with E-state index >= 15 is 0 Å². The summed E-state index contributed by atoms with van der Waals surface area (Å²) in [6.07, 6.45) is 5.72. The molecule has 2 atom stereocenters. The predicted molar refractivity (Wildman–Crippen MR) is 81.9 cm³/mol. The van der Waals surface area contributed by atoms with Crippen LogP contribution in [0.15, 0.2) is 17.2 Å². The van der Waals surface area contributed by atoms with Gasteiger partial charge in [0.1, 0.15) is 0 Å². The Morgan fingerprint density at radius 1 is 1.45 bits per heavy atom. The molecular formula is C15H26N4O. The molecule has 1 saturated heterocycles. The van der Waals surface area contributed by atoms with E-state index in [1.165, 1.54) is 0 Å². The number of hydrogen-bond donors (Lipinski definition) is 1. The lowest BCUT2D eigenvalue weighted by atomic mass is 9.93. The molecule has 1 fully saturated rings. The number of anilines is 1. The Labute approximate surface area is 120 Å². The van der Waals surface area contributed by atoms with Crippen molar-refractivity contribution >= 4 is 5.82 Å². The van der Waals surface area contributed by atoms with Crippen LogP contribution < -0.4 is 16.2 Å². The molecule has 0 saturated carbocycles. The Balaban J connectivity index is 2.29. The summed E-state index contributed by atoms with van der Waals surface area (Å²) < 4.78 is 1.77. The number of rotatable bonds is 4. The largest absolute Gasteiger partial charge is 0.349 e. The number of nitrogens with zero attached hydrogens (tertiary/aromatic N) is 3. The van der Waals surface area contributed by atoms with Gasteiger partial charge in [-0.25, -0.2) is 4.98 Å². The van der Waals surface area contributed by atoms with Crippen molar-refractivity contribution in [2.24, 2.45) is 17.6 Å². The van der Waals surface area contributed by atoms with Crippen molar-refractivity contribution in [1.29, 1.82) is 0 Å². The number of piperidine rings is 1. The Morgan fingerprint density at radius 3 is 2.85 bits per heavy atom. The molecule has 1 aliphatic heterocycles. The van der Waals surface area contributed by atoms with Crippen molar-refractivity contribution in [3.05, 3.63) is 22.7 Å². The second kappa shape index (κ2) is 6.39. The van der Waals surface area contributed by atoms with E-state index in [-0.39, 0.29) is 5.56 Å². The highest BCUT2D eigenvalue weighted by Gasteiger charge is 2.27. The van der Waals surface area contributed by atoms with Gasteiger partial charge in [0, 0.05) is 31.5 Å². The van der Waals surface area contributed by atoms with Gasteiger partial charge < -0.3 is 15.2 Å². The van der Waals surface area contributed by atoms with Gasteiger partial charge in [-0.15, -0.1) is 0 Å². The third kappa shape index (κ3) is 3.20. The molecule has 0 spiro atoms. The van der Waals surface area contributed by atoms with E-state index in [2.05, 4.69) is 30.7 Å². The van der Waals surface area contributed by atoms with Crippen LogP contribution in [0.4, 0.5) is 5.82 Å². The first-order valence-corrected chi connectivity index (χ1v) is 7.55. The second-order valence-electron chi connectivity index (χ2n) is 6.28. The van der Waals surface area contributed by atoms with Gasteiger partial charge in [-0.1, -0.05) is 13.8 Å². The van der Waals surface area contributed by atoms with E-state index in [1.807, 2.05) is 0 Å². The minimum atomic E-state index is 0.0192. The van der Waals surface area contributed by atoms with Crippen LogP contribution in [0.25, 0.3) is 0 Å². The maximum atomic E-state index is 12.6. The molecule has 1 aromatic rings. The average molecular weight is 278 g/mol. The van der Waals surface area contributed by atoms with Gasteiger partial charge >= 0.3 is 0 Å². The normalized spacial score (nSPS) is 23.4. The summed E-state index contributed by atoms with van der Waals surface area (Å²) in [6.45, 7) is 8.63. The van der Waals surface area contributed by atoms with Crippen LogP contribution in [0.2, 0.25) is 0 Å². The summed E-state index contributed by atoms with van der Waals surface area (Å²) in [5.41, 5.74) is 5.81. The van der Waals surface area contributed by atoms with E-state index < -0.39 is 0 Å². The summed E-state index contributed by atoms with van der Waals surface area (Å²) in [5.74, 6) is 1.49. The van der Waals surface area contributed by atoms with E-state index in [9.17, 15) is 4.79 Å². The van der Waals surface area contributed by atoms with Crippen molar-refractivity contribution in [3.8, 4) is 0 Å². The molecule has 2 unspecified atom stereocenters. The molecule has 20 heavy (non-hydrogen) atoms. The fraction of sp³-hybridized carbons (Fsp3) is 0.733. The Hall–Kier alpha value is -1.36. The van der Waals surface area contributed by atoms with Crippen molar-refractivity contribution in [1.82, 2.24) is 9.55 Å². The van der Waals surface area contributed by atoms with E-state index in [0.717, 1.165) is 25.9 Å². The molecule has 2 rings (SSSR count). The third-order valence-corrected chi connectivity index (χ3v) is 4.04. The minimum absolute atomic E-state index is 0.0192. The Kier molecular flexibility index (Phi) is 4.81. The predicted octanol–water partition coefficient (Wildman–Crippen LogP) is 1.46. The maximum absolute atomic E-state index is 12.6. The molecule has 0 aliphatic carbocycles. The molecule has 1 aliphatic rings. The highest BCUT2D eigenvalue weighted by Crippen LogP contribution is 2.23. The smallest absolute Gasteiger partial charge is 0.293 e. The minimum Gasteiger partial charge on any atom is -0.349 e. The third-order valence-electron chi connectivity index (χ3n) is 4.04. The van der Waals surface area contributed by atoms with E-state index in [1.54, 1.807) is 17.0 Å². The molecule has 5 nitrogen and oxygen atoms in total. The lowest BCUT2D eigenvalue weighted by molar-refractivity contribution is 0.369.